The van der Waals surface area contributed by atoms with Crippen LogP contribution < -0.4 is 0 Å². The predicted molar refractivity (Wildman–Crippen MR) is 66.5 cm³/mol. The van der Waals surface area contributed by atoms with Gasteiger partial charge in [0.1, 0.15) is 11.9 Å². The summed E-state index contributed by atoms with van der Waals surface area (Å²) in [6.07, 6.45) is 3.24. The Morgan fingerprint density at radius 2 is 1.94 bits per heavy atom. The van der Waals surface area contributed by atoms with Gasteiger partial charge in [-0.1, -0.05) is 26.8 Å². The fourth-order valence-electron chi connectivity index (χ4n) is 2.76. The number of rotatable bonds is 4. The minimum absolute atomic E-state index is 0.138. The highest BCUT2D eigenvalue weighted by atomic mass is 16.5. The van der Waals surface area contributed by atoms with E-state index in [9.17, 15) is 9.59 Å². The summed E-state index contributed by atoms with van der Waals surface area (Å²) < 4.78 is 5.25. The quantitative estimate of drug-likeness (QED) is 0.558. The molecular formula is C14H22O3. The monoisotopic (exact) mass is 238 g/mol. The highest BCUT2D eigenvalue weighted by molar-refractivity contribution is 5.87. The molecule has 1 saturated carbocycles. The van der Waals surface area contributed by atoms with E-state index < -0.39 is 5.41 Å². The van der Waals surface area contributed by atoms with Gasteiger partial charge in [0.25, 0.3) is 0 Å². The van der Waals surface area contributed by atoms with E-state index in [2.05, 4.69) is 20.4 Å². The average Bonchev–Trinajstić information content (AvgIpc) is 2.36. The van der Waals surface area contributed by atoms with Crippen molar-refractivity contribution in [2.75, 3.05) is 0 Å². The summed E-state index contributed by atoms with van der Waals surface area (Å²) in [7, 11) is 0. The van der Waals surface area contributed by atoms with E-state index in [0.717, 1.165) is 6.42 Å². The lowest BCUT2D eigenvalue weighted by Crippen LogP contribution is -2.37. The molecule has 1 aliphatic carbocycles. The molecule has 0 aromatic rings. The lowest BCUT2D eigenvalue weighted by atomic mass is 9.66. The van der Waals surface area contributed by atoms with E-state index >= 15 is 0 Å². The number of Topliss-reactive ketones (excluding diaryl/α,β-unsaturated/α-hetero) is 1. The Hall–Kier alpha value is -1.12. The molecule has 3 heteroatoms. The van der Waals surface area contributed by atoms with Crippen molar-refractivity contribution in [2.45, 2.75) is 53.1 Å². The number of carbonyl (C=O) groups is 2. The number of esters is 1. The van der Waals surface area contributed by atoms with Crippen LogP contribution in [0.4, 0.5) is 0 Å². The first-order chi connectivity index (χ1) is 7.73. The predicted octanol–water partition coefficient (Wildman–Crippen LogP) is 2.89. The zero-order chi connectivity index (χ0) is 13.3. The van der Waals surface area contributed by atoms with Gasteiger partial charge in [0.15, 0.2) is 0 Å². The standard InChI is InChI=1S/C14H22O3/c1-6-7-12(16)14(5)9-11(17-10(2)15)8-13(14,3)4/h6,11H,1,7-9H2,2-5H3/t11-,14+/m0/s1. The van der Waals surface area contributed by atoms with E-state index in [1.165, 1.54) is 6.92 Å². The van der Waals surface area contributed by atoms with Crippen LogP contribution in [0.2, 0.25) is 0 Å². The largest absolute Gasteiger partial charge is 0.463 e. The van der Waals surface area contributed by atoms with Gasteiger partial charge in [0.05, 0.1) is 0 Å². The van der Waals surface area contributed by atoms with Crippen LogP contribution in [0.3, 0.4) is 0 Å². The van der Waals surface area contributed by atoms with Crippen LogP contribution in [0.1, 0.15) is 47.0 Å². The summed E-state index contributed by atoms with van der Waals surface area (Å²) in [4.78, 5) is 23.2. The maximum absolute atomic E-state index is 12.2. The Balaban J connectivity index is 2.88. The Morgan fingerprint density at radius 3 is 2.41 bits per heavy atom. The Kier molecular flexibility index (Phi) is 3.80. The highest BCUT2D eigenvalue weighted by Gasteiger charge is 2.54. The van der Waals surface area contributed by atoms with Crippen LogP contribution in [0.25, 0.3) is 0 Å². The topological polar surface area (TPSA) is 43.4 Å². The summed E-state index contributed by atoms with van der Waals surface area (Å²) in [5.41, 5.74) is -0.575. The second-order valence-corrected chi connectivity index (χ2v) is 5.77. The molecule has 0 N–H and O–H groups in total. The third kappa shape index (κ3) is 2.59. The molecule has 3 nitrogen and oxygen atoms in total. The van der Waals surface area contributed by atoms with E-state index in [4.69, 9.17) is 4.74 Å². The molecule has 1 aliphatic rings. The Bertz CT molecular complexity index is 343. The van der Waals surface area contributed by atoms with Crippen LogP contribution >= 0.6 is 0 Å². The van der Waals surface area contributed by atoms with Gasteiger partial charge in [-0.05, 0) is 18.3 Å². The first-order valence-electron chi connectivity index (χ1n) is 6.04. The smallest absolute Gasteiger partial charge is 0.302 e. The second kappa shape index (κ2) is 4.63. The molecule has 0 saturated heterocycles. The van der Waals surface area contributed by atoms with Crippen LogP contribution in [0.15, 0.2) is 12.7 Å². The van der Waals surface area contributed by atoms with E-state index in [0.29, 0.717) is 12.8 Å². The van der Waals surface area contributed by atoms with Gasteiger partial charge >= 0.3 is 5.97 Å². The molecule has 1 rings (SSSR count). The molecule has 1 fully saturated rings. The van der Waals surface area contributed by atoms with Crippen LogP contribution in [0.5, 0.6) is 0 Å². The molecule has 0 radical (unpaired) electrons. The van der Waals surface area contributed by atoms with Crippen molar-refractivity contribution in [3.8, 4) is 0 Å². The van der Waals surface area contributed by atoms with E-state index in [1.54, 1.807) is 6.08 Å². The summed E-state index contributed by atoms with van der Waals surface area (Å²) >= 11 is 0. The second-order valence-electron chi connectivity index (χ2n) is 5.77. The summed E-state index contributed by atoms with van der Waals surface area (Å²) in [6, 6.07) is 0. The minimum atomic E-state index is -0.429. The number of allylic oxidation sites excluding steroid dienone is 1. The third-order valence-electron chi connectivity index (χ3n) is 4.15. The third-order valence-corrected chi connectivity index (χ3v) is 4.15. The number of ether oxygens (including phenoxy) is 1. The normalized spacial score (nSPS) is 30.9. The molecule has 0 spiro atoms. The Labute approximate surface area is 103 Å². The first kappa shape index (κ1) is 13.9. The number of carbonyl (C=O) groups excluding carboxylic acids is 2. The molecular weight excluding hydrogens is 216 g/mol. The zero-order valence-corrected chi connectivity index (χ0v) is 11.2. The molecule has 0 amide bonds. The van der Waals surface area contributed by atoms with Crippen LogP contribution in [-0.2, 0) is 14.3 Å². The Morgan fingerprint density at radius 1 is 1.35 bits per heavy atom. The lowest BCUT2D eigenvalue weighted by Gasteiger charge is -2.36. The lowest BCUT2D eigenvalue weighted by molar-refractivity contribution is -0.147. The van der Waals surface area contributed by atoms with Crippen LogP contribution in [-0.4, -0.2) is 17.9 Å². The van der Waals surface area contributed by atoms with Crippen molar-refractivity contribution in [3.05, 3.63) is 12.7 Å². The van der Waals surface area contributed by atoms with Crippen LogP contribution in [0, 0.1) is 10.8 Å². The van der Waals surface area contributed by atoms with Crippen molar-refractivity contribution in [1.29, 1.82) is 0 Å². The zero-order valence-electron chi connectivity index (χ0n) is 11.2. The number of hydrogen-bond donors (Lipinski definition) is 0. The fourth-order valence-corrected chi connectivity index (χ4v) is 2.76. The maximum Gasteiger partial charge on any atom is 0.302 e. The van der Waals surface area contributed by atoms with Gasteiger partial charge in [0, 0.05) is 18.8 Å². The number of ketones is 1. The molecule has 0 aromatic heterocycles. The van der Waals surface area contributed by atoms with Gasteiger partial charge in [0.2, 0.25) is 0 Å². The molecule has 2 atom stereocenters. The number of hydrogen-bond acceptors (Lipinski definition) is 3. The maximum atomic E-state index is 12.2. The SMILES string of the molecule is C=CCC(=O)[C@@]1(C)C[C@@H](OC(C)=O)CC1(C)C. The van der Waals surface area contributed by atoms with Gasteiger partial charge in [-0.2, -0.15) is 0 Å². The first-order valence-corrected chi connectivity index (χ1v) is 6.04. The van der Waals surface area contributed by atoms with Crippen molar-refractivity contribution in [3.63, 3.8) is 0 Å². The van der Waals surface area contributed by atoms with Gasteiger partial charge in [-0.25, -0.2) is 0 Å². The van der Waals surface area contributed by atoms with Gasteiger partial charge < -0.3 is 4.74 Å². The fraction of sp³-hybridized carbons (Fsp3) is 0.714. The molecule has 0 unspecified atom stereocenters. The van der Waals surface area contributed by atoms with E-state index in [1.807, 2.05) is 6.92 Å². The van der Waals surface area contributed by atoms with Crippen molar-refractivity contribution in [2.24, 2.45) is 10.8 Å². The van der Waals surface area contributed by atoms with Gasteiger partial charge in [-0.15, -0.1) is 6.58 Å². The molecule has 96 valence electrons. The molecule has 0 aliphatic heterocycles. The summed E-state index contributed by atoms with van der Waals surface area (Å²) in [5, 5.41) is 0. The van der Waals surface area contributed by atoms with E-state index in [-0.39, 0.29) is 23.3 Å². The molecule has 17 heavy (non-hydrogen) atoms. The van der Waals surface area contributed by atoms with Crippen molar-refractivity contribution >= 4 is 11.8 Å². The minimum Gasteiger partial charge on any atom is -0.463 e. The molecule has 0 aromatic carbocycles. The molecule has 0 heterocycles. The molecule has 0 bridgehead atoms. The van der Waals surface area contributed by atoms with Crippen molar-refractivity contribution in [1.82, 2.24) is 0 Å². The summed E-state index contributed by atoms with van der Waals surface area (Å²) in [6.45, 7) is 11.1. The average molecular weight is 238 g/mol. The van der Waals surface area contributed by atoms with Gasteiger partial charge in [-0.3, -0.25) is 9.59 Å². The van der Waals surface area contributed by atoms with Crippen molar-refractivity contribution < 1.29 is 14.3 Å². The summed E-state index contributed by atoms with van der Waals surface area (Å²) in [5.74, 6) is -0.0848. The highest BCUT2D eigenvalue weighted by Crippen LogP contribution is 2.54.